The third-order valence-electron chi connectivity index (χ3n) is 9.15. The molecule has 0 unspecified atom stereocenters. The molecule has 0 saturated heterocycles. The summed E-state index contributed by atoms with van der Waals surface area (Å²) in [6, 6.07) is 32.6. The summed E-state index contributed by atoms with van der Waals surface area (Å²) in [5, 5.41) is 12.4. The summed E-state index contributed by atoms with van der Waals surface area (Å²) < 4.78 is 0. The molecule has 0 aliphatic heterocycles. The van der Waals surface area contributed by atoms with Crippen molar-refractivity contribution in [1.29, 1.82) is 0 Å². The molecule has 5 rings (SSSR count). The van der Waals surface area contributed by atoms with E-state index in [4.69, 9.17) is 0 Å². The largest absolute Gasteiger partial charge is 0.326 e. The second-order valence-corrected chi connectivity index (χ2v) is 16.5. The quantitative estimate of drug-likeness (QED) is 0.0807. The number of carbonyl (C=O) groups is 1. The lowest BCUT2D eigenvalue weighted by Gasteiger charge is -2.28. The molecule has 244 valence electrons. The van der Waals surface area contributed by atoms with Crippen LogP contribution in [0.25, 0.3) is 10.8 Å². The zero-order valence-corrected chi connectivity index (χ0v) is 28.8. The number of nitrogens with one attached hydrogen (secondary N) is 3. The molecule has 0 aliphatic rings. The van der Waals surface area contributed by atoms with E-state index in [0.717, 1.165) is 19.3 Å². The number of aromatic amines is 2. The van der Waals surface area contributed by atoms with Crippen LogP contribution in [-0.4, -0.2) is 22.3 Å². The number of rotatable bonds is 15. The van der Waals surface area contributed by atoms with E-state index < -0.39 is 7.26 Å². The average molecular weight is 649 g/mol. The molecule has 47 heavy (non-hydrogen) atoms. The van der Waals surface area contributed by atoms with Gasteiger partial charge in [0.05, 0.1) is 16.9 Å². The van der Waals surface area contributed by atoms with Crippen molar-refractivity contribution in [2.75, 3.05) is 11.5 Å². The Labute approximate surface area is 278 Å². The number of fused-ring (bicyclic) bond motifs is 1. The maximum absolute atomic E-state index is 12.5. The molecule has 0 radical (unpaired) electrons. The summed E-state index contributed by atoms with van der Waals surface area (Å²) >= 11 is 0. The van der Waals surface area contributed by atoms with Gasteiger partial charge in [-0.05, 0) is 94.6 Å². The summed E-state index contributed by atoms with van der Waals surface area (Å²) in [4.78, 5) is 36.4. The monoisotopic (exact) mass is 648 g/mol. The van der Waals surface area contributed by atoms with Crippen molar-refractivity contribution in [3.63, 3.8) is 0 Å². The van der Waals surface area contributed by atoms with E-state index in [2.05, 4.69) is 109 Å². The highest BCUT2D eigenvalue weighted by Crippen LogP contribution is 2.56. The van der Waals surface area contributed by atoms with Crippen LogP contribution in [0.1, 0.15) is 74.5 Å². The number of anilines is 1. The Morgan fingerprint density at radius 1 is 0.553 bits per heavy atom. The van der Waals surface area contributed by atoms with E-state index in [1.54, 1.807) is 18.2 Å². The number of carbonyl (C=O) groups excluding carboxylic acids is 1. The number of aromatic nitrogens is 2. The molecule has 6 nitrogen and oxygen atoms in total. The highest BCUT2D eigenvalue weighted by Gasteiger charge is 2.44. The molecular formula is C40H47N3O3P+. The minimum Gasteiger partial charge on any atom is -0.326 e. The molecule has 1 heterocycles. The molecule has 0 fully saturated rings. The maximum atomic E-state index is 12.5. The van der Waals surface area contributed by atoms with E-state index >= 15 is 0 Å². The lowest BCUT2D eigenvalue weighted by Crippen LogP contribution is -2.33. The van der Waals surface area contributed by atoms with Crippen molar-refractivity contribution in [1.82, 2.24) is 10.2 Å². The van der Waals surface area contributed by atoms with E-state index in [-0.39, 0.29) is 22.4 Å². The molecule has 1 aromatic heterocycles. The second kappa shape index (κ2) is 16.0. The van der Waals surface area contributed by atoms with Gasteiger partial charge in [0.2, 0.25) is 5.91 Å². The standard InChI is InChI=1S/C40H46N3O3P/c1-29-13-20-33(21-14-29)47(34-22-15-30(2)16-23-34,35-24-17-31(3)18-25-35)27-11-9-7-5-4-6-8-10-12-38(44)41-32-19-26-36-37(28-32)40(46)43-42-39(36)45/h13-26,28H,4-12,27H2,1-3H3,(H2-,41,42,43,44,45,46)/p+1. The molecule has 0 bridgehead atoms. The number of hydrogen-bond acceptors (Lipinski definition) is 3. The molecule has 7 heteroatoms. The van der Waals surface area contributed by atoms with Crippen LogP contribution in [0.2, 0.25) is 0 Å². The minimum absolute atomic E-state index is 0.0758. The first-order valence-corrected chi connectivity index (χ1v) is 18.9. The number of unbranched alkanes of at least 4 members (excludes halogenated alkanes) is 7. The van der Waals surface area contributed by atoms with Crippen LogP contribution < -0.4 is 32.3 Å². The first-order chi connectivity index (χ1) is 22.8. The Hall–Kier alpha value is -4.28. The lowest BCUT2D eigenvalue weighted by atomic mass is 10.1. The predicted molar refractivity (Wildman–Crippen MR) is 200 cm³/mol. The van der Waals surface area contributed by atoms with Crippen molar-refractivity contribution in [3.05, 3.63) is 128 Å². The molecular weight excluding hydrogens is 601 g/mol. The fourth-order valence-electron chi connectivity index (χ4n) is 6.41. The van der Waals surface area contributed by atoms with Gasteiger partial charge < -0.3 is 5.32 Å². The summed E-state index contributed by atoms with van der Waals surface area (Å²) in [7, 11) is -1.81. The second-order valence-electron chi connectivity index (χ2n) is 12.8. The molecule has 5 aromatic rings. The Bertz CT molecular complexity index is 1780. The predicted octanol–water partition coefficient (Wildman–Crippen LogP) is 7.59. The summed E-state index contributed by atoms with van der Waals surface area (Å²) in [6.07, 6.45) is 10.6. The van der Waals surface area contributed by atoms with Gasteiger partial charge in [-0.15, -0.1) is 0 Å². The number of H-pyrrole nitrogens is 2. The molecule has 0 atom stereocenters. The van der Waals surface area contributed by atoms with Crippen LogP contribution in [0.15, 0.2) is 101 Å². The van der Waals surface area contributed by atoms with Crippen LogP contribution in [0.4, 0.5) is 5.69 Å². The van der Waals surface area contributed by atoms with Gasteiger partial charge >= 0.3 is 0 Å². The van der Waals surface area contributed by atoms with Gasteiger partial charge in [0.1, 0.15) is 23.2 Å². The van der Waals surface area contributed by atoms with E-state index in [0.29, 0.717) is 17.5 Å². The summed E-state index contributed by atoms with van der Waals surface area (Å²) in [5.74, 6) is -0.0758. The zero-order chi connectivity index (χ0) is 33.2. The van der Waals surface area contributed by atoms with Crippen LogP contribution >= 0.6 is 7.26 Å². The highest BCUT2D eigenvalue weighted by atomic mass is 31.2. The van der Waals surface area contributed by atoms with Crippen LogP contribution in [0.3, 0.4) is 0 Å². The number of amides is 1. The molecule has 3 N–H and O–H groups in total. The Balaban J connectivity index is 1.10. The van der Waals surface area contributed by atoms with Crippen molar-refractivity contribution < 1.29 is 4.79 Å². The third-order valence-corrected chi connectivity index (χ3v) is 13.7. The minimum atomic E-state index is -1.81. The smallest absolute Gasteiger partial charge is 0.270 e. The number of aryl methyl sites for hydroxylation is 3. The molecule has 0 aliphatic carbocycles. The van der Waals surface area contributed by atoms with Crippen LogP contribution in [0.5, 0.6) is 0 Å². The van der Waals surface area contributed by atoms with Crippen LogP contribution in [-0.2, 0) is 4.79 Å². The SMILES string of the molecule is Cc1ccc([P+](CCCCCCCCCCC(=O)Nc2ccc3c(=O)[nH][nH]c(=O)c3c2)(c2ccc(C)cc2)c2ccc(C)cc2)cc1. The van der Waals surface area contributed by atoms with Crippen molar-refractivity contribution in [2.45, 2.75) is 78.6 Å². The van der Waals surface area contributed by atoms with Gasteiger partial charge in [0, 0.05) is 12.1 Å². The van der Waals surface area contributed by atoms with Gasteiger partial charge in [-0.1, -0.05) is 85.2 Å². The maximum Gasteiger partial charge on any atom is 0.270 e. The van der Waals surface area contributed by atoms with Gasteiger partial charge in [-0.3, -0.25) is 24.6 Å². The van der Waals surface area contributed by atoms with E-state index in [1.807, 2.05) is 0 Å². The molecule has 0 saturated carbocycles. The third kappa shape index (κ3) is 8.55. The van der Waals surface area contributed by atoms with Gasteiger partial charge in [-0.25, -0.2) is 0 Å². The van der Waals surface area contributed by atoms with Gasteiger partial charge in [0.15, 0.2) is 0 Å². The first-order valence-electron chi connectivity index (χ1n) is 16.9. The molecule has 1 amide bonds. The number of benzene rings is 4. The van der Waals surface area contributed by atoms with Gasteiger partial charge in [-0.2, -0.15) is 0 Å². The zero-order valence-electron chi connectivity index (χ0n) is 27.9. The average Bonchev–Trinajstić information content (AvgIpc) is 3.07. The first kappa shape index (κ1) is 34.1. The van der Waals surface area contributed by atoms with Crippen molar-refractivity contribution in [3.8, 4) is 0 Å². The Morgan fingerprint density at radius 3 is 1.47 bits per heavy atom. The highest BCUT2D eigenvalue weighted by molar-refractivity contribution is 7.95. The lowest BCUT2D eigenvalue weighted by molar-refractivity contribution is -0.116. The van der Waals surface area contributed by atoms with Crippen LogP contribution in [0, 0.1) is 20.8 Å². The molecule has 0 spiro atoms. The number of hydrogen-bond donors (Lipinski definition) is 3. The fraction of sp³-hybridized carbons (Fsp3) is 0.325. The summed E-state index contributed by atoms with van der Waals surface area (Å²) in [6.45, 7) is 6.49. The van der Waals surface area contributed by atoms with E-state index in [9.17, 15) is 14.4 Å². The van der Waals surface area contributed by atoms with E-state index in [1.165, 1.54) is 70.9 Å². The Kier molecular flexibility index (Phi) is 11.6. The van der Waals surface area contributed by atoms with Crippen molar-refractivity contribution in [2.24, 2.45) is 0 Å². The topological polar surface area (TPSA) is 94.8 Å². The van der Waals surface area contributed by atoms with Gasteiger partial charge in [0.25, 0.3) is 11.1 Å². The molecule has 4 aromatic carbocycles. The normalized spacial score (nSPS) is 11.6. The fourth-order valence-corrected chi connectivity index (χ4v) is 10.7. The van der Waals surface area contributed by atoms with Crippen molar-refractivity contribution >= 4 is 45.5 Å². The Morgan fingerprint density at radius 2 is 0.979 bits per heavy atom. The summed E-state index contributed by atoms with van der Waals surface area (Å²) in [5.41, 5.74) is 3.65.